The number of H-pyrrole nitrogens is 1. The van der Waals surface area contributed by atoms with Crippen molar-refractivity contribution in [1.29, 1.82) is 0 Å². The van der Waals surface area contributed by atoms with Crippen molar-refractivity contribution in [3.8, 4) is 18.1 Å². The molecule has 3 aromatic rings. The number of imidazole rings is 1. The molecular formula is C26H29N5O4. The molecule has 1 aromatic heterocycles. The highest BCUT2D eigenvalue weighted by atomic mass is 16.6. The van der Waals surface area contributed by atoms with Gasteiger partial charge in [-0.15, -0.1) is 6.42 Å². The minimum absolute atomic E-state index is 0.0400. The summed E-state index contributed by atoms with van der Waals surface area (Å²) in [4.78, 5) is 33.1. The van der Waals surface area contributed by atoms with Gasteiger partial charge in [-0.05, 0) is 56.4 Å². The van der Waals surface area contributed by atoms with E-state index in [4.69, 9.17) is 11.2 Å². The van der Waals surface area contributed by atoms with Crippen LogP contribution in [0.4, 0.5) is 5.69 Å². The molecule has 0 saturated heterocycles. The number of terminal acetylenes is 1. The molecular weight excluding hydrogens is 446 g/mol. The zero-order valence-corrected chi connectivity index (χ0v) is 19.7. The van der Waals surface area contributed by atoms with Gasteiger partial charge >= 0.3 is 0 Å². The summed E-state index contributed by atoms with van der Waals surface area (Å²) in [7, 11) is 0. The number of fused-ring (bicyclic) bond motifs is 1. The van der Waals surface area contributed by atoms with Gasteiger partial charge in [-0.3, -0.25) is 14.9 Å². The molecule has 0 spiro atoms. The Morgan fingerprint density at radius 2 is 2.20 bits per heavy atom. The number of rotatable bonds is 9. The Kier molecular flexibility index (Phi) is 7.63. The normalized spacial score (nSPS) is 17.6. The summed E-state index contributed by atoms with van der Waals surface area (Å²) in [6.07, 6.45) is 9.11. The lowest BCUT2D eigenvalue weighted by molar-refractivity contribution is -0.384. The maximum atomic E-state index is 13.3. The maximum Gasteiger partial charge on any atom is 0.289 e. The van der Waals surface area contributed by atoms with Gasteiger partial charge in [0, 0.05) is 37.3 Å². The summed E-state index contributed by atoms with van der Waals surface area (Å²) >= 11 is 0. The van der Waals surface area contributed by atoms with Crippen LogP contribution in [0.1, 0.15) is 48.8 Å². The SMILES string of the molecule is C#CCOc1cccc(CN[C@@H]2CCC[C@H](N(CC)C(=O)c3nc4ccc([N+](=O)[O-])cc4[nH]3)C2)c1. The van der Waals surface area contributed by atoms with Crippen LogP contribution in [0.2, 0.25) is 0 Å². The lowest BCUT2D eigenvalue weighted by atomic mass is 9.89. The monoisotopic (exact) mass is 475 g/mol. The summed E-state index contributed by atoms with van der Waals surface area (Å²) in [5.74, 6) is 3.25. The van der Waals surface area contributed by atoms with Crippen LogP contribution in [0.3, 0.4) is 0 Å². The third kappa shape index (κ3) is 5.78. The Morgan fingerprint density at radius 1 is 1.34 bits per heavy atom. The highest BCUT2D eigenvalue weighted by molar-refractivity contribution is 5.94. The van der Waals surface area contributed by atoms with Crippen LogP contribution < -0.4 is 10.1 Å². The number of aromatic nitrogens is 2. The molecule has 1 aliphatic rings. The lowest BCUT2D eigenvalue weighted by Gasteiger charge is -2.37. The van der Waals surface area contributed by atoms with Gasteiger partial charge in [0.2, 0.25) is 0 Å². The number of amides is 1. The first-order valence-corrected chi connectivity index (χ1v) is 11.8. The number of carbonyl (C=O) groups is 1. The van der Waals surface area contributed by atoms with Gasteiger partial charge in [-0.2, -0.15) is 0 Å². The molecule has 2 N–H and O–H groups in total. The topological polar surface area (TPSA) is 113 Å². The molecule has 0 unspecified atom stereocenters. The molecule has 9 heteroatoms. The van der Waals surface area contributed by atoms with Crippen LogP contribution in [0, 0.1) is 22.5 Å². The van der Waals surface area contributed by atoms with Gasteiger partial charge in [-0.25, -0.2) is 4.98 Å². The van der Waals surface area contributed by atoms with Crippen LogP contribution in [-0.2, 0) is 6.54 Å². The number of aromatic amines is 1. The Balaban J connectivity index is 1.40. The highest BCUT2D eigenvalue weighted by Crippen LogP contribution is 2.26. The first-order chi connectivity index (χ1) is 17.0. The van der Waals surface area contributed by atoms with Gasteiger partial charge in [0.15, 0.2) is 5.82 Å². The van der Waals surface area contributed by atoms with Gasteiger partial charge in [0.1, 0.15) is 12.4 Å². The minimum Gasteiger partial charge on any atom is -0.481 e. The Hall–Kier alpha value is -3.90. The molecule has 1 amide bonds. The number of non-ortho nitro benzene ring substituents is 1. The summed E-state index contributed by atoms with van der Waals surface area (Å²) in [6.45, 7) is 3.46. The van der Waals surface area contributed by atoms with E-state index in [1.807, 2.05) is 36.1 Å². The van der Waals surface area contributed by atoms with Crippen molar-refractivity contribution >= 4 is 22.6 Å². The van der Waals surface area contributed by atoms with Gasteiger partial charge in [-0.1, -0.05) is 18.1 Å². The van der Waals surface area contributed by atoms with Crippen molar-refractivity contribution in [2.24, 2.45) is 0 Å². The van der Waals surface area contributed by atoms with Crippen molar-refractivity contribution in [1.82, 2.24) is 20.2 Å². The van der Waals surface area contributed by atoms with E-state index < -0.39 is 4.92 Å². The zero-order valence-electron chi connectivity index (χ0n) is 19.7. The van der Waals surface area contributed by atoms with Crippen molar-refractivity contribution in [2.45, 2.75) is 51.2 Å². The molecule has 9 nitrogen and oxygen atoms in total. The number of nitrogens with one attached hydrogen (secondary N) is 2. The van der Waals surface area contributed by atoms with E-state index in [-0.39, 0.29) is 36.1 Å². The Morgan fingerprint density at radius 3 is 2.97 bits per heavy atom. The number of nitrogens with zero attached hydrogens (tertiary/aromatic N) is 3. The van der Waals surface area contributed by atoms with E-state index in [1.54, 1.807) is 6.07 Å². The molecule has 1 fully saturated rings. The Labute approximate surface area is 204 Å². The average Bonchev–Trinajstić information content (AvgIpc) is 3.31. The number of nitro groups is 1. The Bertz CT molecular complexity index is 1250. The number of ether oxygens (including phenoxy) is 1. The van der Waals surface area contributed by atoms with E-state index in [9.17, 15) is 14.9 Å². The lowest BCUT2D eigenvalue weighted by Crippen LogP contribution is -2.47. The highest BCUT2D eigenvalue weighted by Gasteiger charge is 2.30. The number of hydrogen-bond donors (Lipinski definition) is 2. The maximum absolute atomic E-state index is 13.3. The predicted molar refractivity (Wildman–Crippen MR) is 133 cm³/mol. The molecule has 1 heterocycles. The predicted octanol–water partition coefficient (Wildman–Crippen LogP) is 4.05. The summed E-state index contributed by atoms with van der Waals surface area (Å²) in [5.41, 5.74) is 2.09. The van der Waals surface area contributed by atoms with Crippen LogP contribution in [0.15, 0.2) is 42.5 Å². The van der Waals surface area contributed by atoms with Crippen molar-refractivity contribution in [3.05, 3.63) is 64.0 Å². The number of carbonyl (C=O) groups excluding carboxylic acids is 1. The second-order valence-corrected chi connectivity index (χ2v) is 8.67. The molecule has 0 radical (unpaired) electrons. The molecule has 2 atom stereocenters. The third-order valence-electron chi connectivity index (χ3n) is 6.38. The molecule has 1 aliphatic carbocycles. The smallest absolute Gasteiger partial charge is 0.289 e. The van der Waals surface area contributed by atoms with E-state index in [0.29, 0.717) is 24.1 Å². The first-order valence-electron chi connectivity index (χ1n) is 11.8. The van der Waals surface area contributed by atoms with Crippen LogP contribution >= 0.6 is 0 Å². The fourth-order valence-electron chi connectivity index (χ4n) is 4.68. The second kappa shape index (κ2) is 11.0. The zero-order chi connectivity index (χ0) is 24.8. The molecule has 1 saturated carbocycles. The van der Waals surface area contributed by atoms with Gasteiger partial charge < -0.3 is 19.9 Å². The van der Waals surface area contributed by atoms with Crippen molar-refractivity contribution in [2.75, 3.05) is 13.2 Å². The molecule has 35 heavy (non-hydrogen) atoms. The minimum atomic E-state index is -0.462. The van der Waals surface area contributed by atoms with E-state index in [2.05, 4.69) is 21.2 Å². The van der Waals surface area contributed by atoms with Gasteiger partial charge in [0.25, 0.3) is 11.6 Å². The molecule has 4 rings (SSSR count). The van der Waals surface area contributed by atoms with E-state index in [1.165, 1.54) is 12.1 Å². The number of hydrogen-bond acceptors (Lipinski definition) is 6. The fourth-order valence-corrected chi connectivity index (χ4v) is 4.68. The van der Waals surface area contributed by atoms with Gasteiger partial charge in [0.05, 0.1) is 16.0 Å². The standard InChI is InChI=1S/C26H29N5O4/c1-3-13-35-22-10-5-7-18(14-22)17-27-19-8-6-9-20(15-19)30(4-2)26(32)25-28-23-12-11-21(31(33)34)16-24(23)29-25/h1,5,7,10-12,14,16,19-20,27H,4,6,8-9,13,15,17H2,2H3,(H,28,29)/t19-,20+/m1/s1. The first kappa shape index (κ1) is 24.2. The second-order valence-electron chi connectivity index (χ2n) is 8.67. The summed E-state index contributed by atoms with van der Waals surface area (Å²) < 4.78 is 5.51. The molecule has 2 aromatic carbocycles. The van der Waals surface area contributed by atoms with Crippen molar-refractivity contribution in [3.63, 3.8) is 0 Å². The molecule has 0 bridgehead atoms. The molecule has 182 valence electrons. The van der Waals surface area contributed by atoms with Crippen molar-refractivity contribution < 1.29 is 14.5 Å². The quantitative estimate of drug-likeness (QED) is 0.274. The van der Waals surface area contributed by atoms with E-state index >= 15 is 0 Å². The van der Waals surface area contributed by atoms with Crippen LogP contribution in [-0.4, -0.2) is 50.9 Å². The number of nitro benzene ring substituents is 1. The van der Waals surface area contributed by atoms with Crippen LogP contribution in [0.5, 0.6) is 5.75 Å². The molecule has 0 aliphatic heterocycles. The summed E-state index contributed by atoms with van der Waals surface area (Å²) in [6, 6.07) is 12.6. The van der Waals surface area contributed by atoms with E-state index in [0.717, 1.165) is 37.0 Å². The number of benzene rings is 2. The third-order valence-corrected chi connectivity index (χ3v) is 6.38. The largest absolute Gasteiger partial charge is 0.481 e. The van der Waals surface area contributed by atoms with Crippen LogP contribution in [0.25, 0.3) is 11.0 Å². The average molecular weight is 476 g/mol. The fraction of sp³-hybridized carbons (Fsp3) is 0.385. The summed E-state index contributed by atoms with van der Waals surface area (Å²) in [5, 5.41) is 14.7.